The van der Waals surface area contributed by atoms with Gasteiger partial charge in [-0.05, 0) is 77.0 Å². The molecule has 1 aliphatic rings. The summed E-state index contributed by atoms with van der Waals surface area (Å²) in [5.41, 5.74) is 0. The predicted octanol–water partition coefficient (Wildman–Crippen LogP) is 7.47. The summed E-state index contributed by atoms with van der Waals surface area (Å²) >= 11 is 0. The highest BCUT2D eigenvalue weighted by Crippen LogP contribution is 2.47. The van der Waals surface area contributed by atoms with Crippen molar-refractivity contribution in [3.8, 4) is 0 Å². The van der Waals surface area contributed by atoms with Gasteiger partial charge in [-0.2, -0.15) is 0 Å². The van der Waals surface area contributed by atoms with Crippen LogP contribution in [0.15, 0.2) is 85.1 Å². The molecule has 1 aliphatic carbocycles. The van der Waals surface area contributed by atoms with Crippen molar-refractivity contribution in [1.29, 1.82) is 0 Å². The maximum atomic E-state index is 12.8. The van der Waals surface area contributed by atoms with E-state index < -0.39 is 81.8 Å². The highest BCUT2D eigenvalue weighted by Gasteiger charge is 2.51. The van der Waals surface area contributed by atoms with Gasteiger partial charge in [-0.25, -0.2) is 4.57 Å². The molecule has 0 spiro atoms. The summed E-state index contributed by atoms with van der Waals surface area (Å²) in [6.07, 6.45) is 29.4. The zero-order chi connectivity index (χ0) is 45.9. The van der Waals surface area contributed by atoms with Crippen molar-refractivity contribution in [1.82, 2.24) is 0 Å². The molecule has 0 radical (unpaired) electrons. The highest BCUT2D eigenvalue weighted by atomic mass is 31.2. The van der Waals surface area contributed by atoms with Gasteiger partial charge in [0.15, 0.2) is 6.10 Å². The number of hydrogen-bond acceptors (Lipinski definition) is 13. The molecule has 4 unspecified atom stereocenters. The Morgan fingerprint density at radius 2 is 1.11 bits per heavy atom. The number of phosphoric ester groups is 1. The molecule has 0 saturated heterocycles. The van der Waals surface area contributed by atoms with Gasteiger partial charge in [-0.1, -0.05) is 131 Å². The van der Waals surface area contributed by atoms with Crippen LogP contribution in [0.1, 0.15) is 136 Å². The number of esters is 2. The maximum absolute atomic E-state index is 12.8. The molecular formula is C47H77O14P. The number of carbonyl (C=O) groups excluding carboxylic acids is 2. The molecule has 0 aromatic rings. The lowest BCUT2D eigenvalue weighted by molar-refractivity contribution is -0.220. The summed E-state index contributed by atoms with van der Waals surface area (Å²) in [6, 6.07) is 0. The standard InChI is InChI=1S/C47H77O14P/c1-3-5-7-9-11-13-15-17-18-20-22-24-26-28-30-34-41(50)60-39(37-59-62(56,57)61-47-45(54)43(52)42(51)44(53)46(47)55)36-58-40(49)35-31-33-38(48)32-29-27-25-23-21-19-16-14-12-10-8-6-4-2/h6,8,11-14,17-19,21,25,27,29,32,38-39,42-48,51-55H,3-5,7,9-10,15-16,20,22-24,26,28,30-31,33-37H2,1-2H3,(H,56,57)/b8-6-,13-11-,14-12-,18-17-,21-19-,27-25-,32-29+/t38?,39-,42?,43-,44+,45-,46-,47?/m1/s1. The summed E-state index contributed by atoms with van der Waals surface area (Å²) in [4.78, 5) is 35.7. The fourth-order valence-electron chi connectivity index (χ4n) is 6.17. The number of aliphatic hydroxyl groups is 6. The van der Waals surface area contributed by atoms with Gasteiger partial charge in [0.05, 0.1) is 12.7 Å². The Kier molecular flexibility index (Phi) is 33.4. The normalized spacial score (nSPS) is 23.2. The van der Waals surface area contributed by atoms with E-state index in [-0.39, 0.29) is 25.7 Å². The monoisotopic (exact) mass is 897 g/mol. The molecule has 0 aromatic carbocycles. The molecule has 9 atom stereocenters. The van der Waals surface area contributed by atoms with Gasteiger partial charge in [-0.3, -0.25) is 18.6 Å². The van der Waals surface area contributed by atoms with E-state index in [4.69, 9.17) is 18.5 Å². The van der Waals surface area contributed by atoms with Gasteiger partial charge in [0.25, 0.3) is 0 Å². The smallest absolute Gasteiger partial charge is 0.462 e. The number of ether oxygens (including phenoxy) is 2. The van der Waals surface area contributed by atoms with Crippen molar-refractivity contribution in [2.24, 2.45) is 0 Å². The molecule has 62 heavy (non-hydrogen) atoms. The summed E-state index contributed by atoms with van der Waals surface area (Å²) in [5, 5.41) is 60.4. The number of rotatable bonds is 35. The van der Waals surface area contributed by atoms with E-state index in [2.05, 4.69) is 74.6 Å². The van der Waals surface area contributed by atoms with Gasteiger partial charge in [-0.15, -0.1) is 0 Å². The van der Waals surface area contributed by atoms with Crippen LogP contribution in [-0.4, -0.2) is 110 Å². The number of unbranched alkanes of at least 4 members (excludes halogenated alkanes) is 8. The van der Waals surface area contributed by atoms with Crippen LogP contribution in [-0.2, 0) is 32.7 Å². The Hall–Kier alpha value is -3.01. The van der Waals surface area contributed by atoms with Crippen LogP contribution in [0, 0.1) is 0 Å². The number of carbonyl (C=O) groups is 2. The van der Waals surface area contributed by atoms with E-state index in [1.807, 2.05) is 12.2 Å². The predicted molar refractivity (Wildman–Crippen MR) is 241 cm³/mol. The minimum atomic E-state index is -5.17. The van der Waals surface area contributed by atoms with E-state index in [1.54, 1.807) is 12.2 Å². The van der Waals surface area contributed by atoms with E-state index in [9.17, 15) is 49.7 Å². The van der Waals surface area contributed by atoms with Crippen molar-refractivity contribution < 1.29 is 68.2 Å². The number of phosphoric acid groups is 1. The third-order valence-corrected chi connectivity index (χ3v) is 10.8. The average Bonchev–Trinajstić information content (AvgIpc) is 3.25. The first-order chi connectivity index (χ1) is 29.8. The second-order valence-corrected chi connectivity index (χ2v) is 16.8. The topological polar surface area (TPSA) is 230 Å². The van der Waals surface area contributed by atoms with Crippen molar-refractivity contribution >= 4 is 19.8 Å². The summed E-state index contributed by atoms with van der Waals surface area (Å²) in [7, 11) is -5.17. The quantitative estimate of drug-likeness (QED) is 0.0108. The van der Waals surface area contributed by atoms with Crippen molar-refractivity contribution in [2.45, 2.75) is 185 Å². The Labute approximate surface area is 370 Å². The maximum Gasteiger partial charge on any atom is 0.472 e. The van der Waals surface area contributed by atoms with Gasteiger partial charge >= 0.3 is 19.8 Å². The Morgan fingerprint density at radius 3 is 1.73 bits per heavy atom. The fraction of sp³-hybridized carbons (Fsp3) is 0.660. The third-order valence-electron chi connectivity index (χ3n) is 9.82. The zero-order valence-corrected chi connectivity index (χ0v) is 37.9. The van der Waals surface area contributed by atoms with Gasteiger partial charge in [0, 0.05) is 12.8 Å². The molecule has 1 saturated carbocycles. The first-order valence-corrected chi connectivity index (χ1v) is 24.0. The number of hydrogen-bond donors (Lipinski definition) is 7. The molecule has 0 bridgehead atoms. The first kappa shape index (κ1) is 57.0. The van der Waals surface area contributed by atoms with Crippen LogP contribution in [0.2, 0.25) is 0 Å². The second kappa shape index (κ2) is 36.3. The average molecular weight is 897 g/mol. The van der Waals surface area contributed by atoms with E-state index in [1.165, 1.54) is 19.3 Å². The van der Waals surface area contributed by atoms with E-state index in [0.29, 0.717) is 6.42 Å². The molecule has 354 valence electrons. The summed E-state index contributed by atoms with van der Waals surface area (Å²) in [6.45, 7) is 2.95. The molecule has 0 heterocycles. The lowest BCUT2D eigenvalue weighted by atomic mass is 9.85. The van der Waals surface area contributed by atoms with Crippen LogP contribution >= 0.6 is 7.82 Å². The molecule has 0 aliphatic heterocycles. The second-order valence-electron chi connectivity index (χ2n) is 15.4. The molecule has 15 heteroatoms. The molecule has 7 N–H and O–H groups in total. The minimum Gasteiger partial charge on any atom is -0.462 e. The zero-order valence-electron chi connectivity index (χ0n) is 37.0. The summed E-state index contributed by atoms with van der Waals surface area (Å²) < 4.78 is 33.3. The highest BCUT2D eigenvalue weighted by molar-refractivity contribution is 7.47. The Morgan fingerprint density at radius 1 is 0.597 bits per heavy atom. The summed E-state index contributed by atoms with van der Waals surface area (Å²) in [5.74, 6) is -1.33. The van der Waals surface area contributed by atoms with Crippen LogP contribution in [0.3, 0.4) is 0 Å². The van der Waals surface area contributed by atoms with Crippen LogP contribution in [0.25, 0.3) is 0 Å². The molecule has 0 aromatic heterocycles. The molecule has 14 nitrogen and oxygen atoms in total. The molecular weight excluding hydrogens is 819 g/mol. The van der Waals surface area contributed by atoms with Gasteiger partial charge in [0.2, 0.25) is 0 Å². The van der Waals surface area contributed by atoms with Gasteiger partial charge < -0.3 is 45.0 Å². The van der Waals surface area contributed by atoms with Crippen molar-refractivity contribution in [2.75, 3.05) is 13.2 Å². The number of aliphatic hydroxyl groups excluding tert-OH is 6. The lowest BCUT2D eigenvalue weighted by Crippen LogP contribution is -2.64. The lowest BCUT2D eigenvalue weighted by Gasteiger charge is -2.41. The number of allylic oxidation sites excluding steroid dienone is 13. The molecule has 0 amide bonds. The SMILES string of the molecule is CC/C=C\C/C=C\C/C=C\C/C=C\C=C\C(O)CCCC(=O)OC[C@H](COP(=O)(O)OC1[C@H](O)[C@H](O)C(O)[C@H](O)[C@H]1O)OC(=O)CCCCCCC/C=C\C/C=C\CCCCC. The van der Waals surface area contributed by atoms with Gasteiger partial charge in [0.1, 0.15) is 43.2 Å². The van der Waals surface area contributed by atoms with Crippen LogP contribution in [0.5, 0.6) is 0 Å². The third kappa shape index (κ3) is 28.6. The minimum absolute atomic E-state index is 0.0348. The largest absolute Gasteiger partial charge is 0.472 e. The van der Waals surface area contributed by atoms with E-state index in [0.717, 1.165) is 70.6 Å². The molecule has 1 fully saturated rings. The Bertz CT molecular complexity index is 1420. The van der Waals surface area contributed by atoms with Crippen molar-refractivity contribution in [3.05, 3.63) is 85.1 Å². The van der Waals surface area contributed by atoms with Crippen molar-refractivity contribution in [3.63, 3.8) is 0 Å². The first-order valence-electron chi connectivity index (χ1n) is 22.5. The fourth-order valence-corrected chi connectivity index (χ4v) is 7.14. The van der Waals surface area contributed by atoms with Crippen LogP contribution < -0.4 is 0 Å². The van der Waals surface area contributed by atoms with E-state index >= 15 is 0 Å². The molecule has 1 rings (SSSR count). The Balaban J connectivity index is 2.58. The van der Waals surface area contributed by atoms with Crippen LogP contribution in [0.4, 0.5) is 0 Å².